The van der Waals surface area contributed by atoms with Crippen molar-refractivity contribution < 1.29 is 28.6 Å². The molecule has 388 valence electrons. The lowest BCUT2D eigenvalue weighted by molar-refractivity contribution is -0.167. The van der Waals surface area contributed by atoms with Gasteiger partial charge in [-0.3, -0.25) is 14.4 Å². The number of carbonyl (C=O) groups is 3. The minimum Gasteiger partial charge on any atom is -0.462 e. The molecule has 0 radical (unpaired) electrons. The number of hydrogen-bond donors (Lipinski definition) is 0. The van der Waals surface area contributed by atoms with Gasteiger partial charge in [0.15, 0.2) is 6.10 Å². The van der Waals surface area contributed by atoms with E-state index in [9.17, 15) is 14.4 Å². The number of hydrogen-bond acceptors (Lipinski definition) is 6. The van der Waals surface area contributed by atoms with E-state index in [1.807, 2.05) is 0 Å². The van der Waals surface area contributed by atoms with Gasteiger partial charge in [-0.25, -0.2) is 0 Å². The molecule has 0 aliphatic heterocycles. The highest BCUT2D eigenvalue weighted by molar-refractivity contribution is 5.71. The van der Waals surface area contributed by atoms with E-state index in [4.69, 9.17) is 14.2 Å². The molecule has 0 aliphatic carbocycles. The van der Waals surface area contributed by atoms with Gasteiger partial charge in [0.2, 0.25) is 0 Å². The van der Waals surface area contributed by atoms with Crippen LogP contribution >= 0.6 is 0 Å². The number of allylic oxidation sites excluding steroid dienone is 10. The van der Waals surface area contributed by atoms with Gasteiger partial charge in [-0.05, 0) is 103 Å². The fourth-order valence-electron chi connectivity index (χ4n) is 8.07. The molecule has 0 fully saturated rings. The van der Waals surface area contributed by atoms with Crippen LogP contribution in [0.5, 0.6) is 0 Å². The lowest BCUT2D eigenvalue weighted by atomic mass is 10.0. The van der Waals surface area contributed by atoms with Crippen LogP contribution in [0.4, 0.5) is 0 Å². The Morgan fingerprint density at radius 1 is 0.299 bits per heavy atom. The predicted molar refractivity (Wildman–Crippen MR) is 288 cm³/mol. The van der Waals surface area contributed by atoms with Crippen LogP contribution in [0, 0.1) is 0 Å². The molecule has 0 aromatic heterocycles. The molecule has 0 unspecified atom stereocenters. The van der Waals surface area contributed by atoms with Crippen LogP contribution in [0.25, 0.3) is 0 Å². The standard InChI is InChI=1S/C61H108O6/c1-4-7-10-13-16-19-22-24-26-28-29-30-31-33-35-37-40-42-45-48-51-54-60(63)66-57-58(67-61(64)55-52-49-46-43-38-21-18-15-12-9-6-3)56-65-59(62)53-50-47-44-41-39-36-34-32-27-25-23-20-17-14-11-8-5-2/h15,17-18,20,24-27,34,36,58H,4-14,16,19,21-23,28-33,35,37-57H2,1-3H3/b18-15-,20-17-,26-24-,27-25-,36-34-/t58-/m1/s1. The van der Waals surface area contributed by atoms with Crippen molar-refractivity contribution >= 4 is 17.9 Å². The van der Waals surface area contributed by atoms with Crippen LogP contribution in [0.3, 0.4) is 0 Å². The van der Waals surface area contributed by atoms with Crippen LogP contribution in [-0.2, 0) is 28.6 Å². The van der Waals surface area contributed by atoms with Crippen molar-refractivity contribution in [2.45, 2.75) is 297 Å². The summed E-state index contributed by atoms with van der Waals surface area (Å²) in [5.41, 5.74) is 0. The molecule has 0 N–H and O–H groups in total. The van der Waals surface area contributed by atoms with Crippen LogP contribution in [0.15, 0.2) is 60.8 Å². The number of carbonyl (C=O) groups excluding carboxylic acids is 3. The topological polar surface area (TPSA) is 78.9 Å². The summed E-state index contributed by atoms with van der Waals surface area (Å²) in [6, 6.07) is 0. The zero-order valence-electron chi connectivity index (χ0n) is 44.4. The van der Waals surface area contributed by atoms with Gasteiger partial charge in [0.25, 0.3) is 0 Å². The average molecular weight is 938 g/mol. The Morgan fingerprint density at radius 3 is 0.925 bits per heavy atom. The van der Waals surface area contributed by atoms with Gasteiger partial charge in [0.05, 0.1) is 0 Å². The smallest absolute Gasteiger partial charge is 0.306 e. The van der Waals surface area contributed by atoms with Crippen molar-refractivity contribution in [3.05, 3.63) is 60.8 Å². The zero-order valence-corrected chi connectivity index (χ0v) is 44.4. The van der Waals surface area contributed by atoms with E-state index in [1.165, 1.54) is 154 Å². The summed E-state index contributed by atoms with van der Waals surface area (Å²) >= 11 is 0. The lowest BCUT2D eigenvalue weighted by Crippen LogP contribution is -2.30. The fraction of sp³-hybridized carbons (Fsp3) is 0.787. The Morgan fingerprint density at radius 2 is 0.552 bits per heavy atom. The van der Waals surface area contributed by atoms with Crippen LogP contribution in [0.2, 0.25) is 0 Å². The molecule has 0 saturated carbocycles. The molecule has 0 aromatic carbocycles. The van der Waals surface area contributed by atoms with Gasteiger partial charge in [-0.2, -0.15) is 0 Å². The van der Waals surface area contributed by atoms with E-state index in [0.29, 0.717) is 19.3 Å². The second-order valence-corrected chi connectivity index (χ2v) is 19.2. The molecule has 1 atom stereocenters. The van der Waals surface area contributed by atoms with E-state index in [2.05, 4.69) is 81.5 Å². The summed E-state index contributed by atoms with van der Waals surface area (Å²) in [6.45, 7) is 6.56. The molecular formula is C61H108O6. The molecule has 0 amide bonds. The minimum absolute atomic E-state index is 0.0843. The molecule has 6 heteroatoms. The average Bonchev–Trinajstić information content (AvgIpc) is 3.33. The first-order chi connectivity index (χ1) is 33.0. The van der Waals surface area contributed by atoms with Gasteiger partial charge in [0, 0.05) is 19.3 Å². The first-order valence-electron chi connectivity index (χ1n) is 28.8. The third-order valence-corrected chi connectivity index (χ3v) is 12.5. The number of ether oxygens (including phenoxy) is 3. The maximum Gasteiger partial charge on any atom is 0.306 e. The zero-order chi connectivity index (χ0) is 48.6. The first-order valence-corrected chi connectivity index (χ1v) is 28.8. The first kappa shape index (κ1) is 64.1. The molecule has 0 aromatic rings. The van der Waals surface area contributed by atoms with Gasteiger partial charge in [0.1, 0.15) is 13.2 Å². The highest BCUT2D eigenvalue weighted by Crippen LogP contribution is 2.15. The van der Waals surface area contributed by atoms with Crippen LogP contribution < -0.4 is 0 Å². The Bertz CT molecular complexity index is 1210. The van der Waals surface area contributed by atoms with Crippen LogP contribution in [0.1, 0.15) is 290 Å². The Kier molecular flexibility index (Phi) is 53.3. The molecule has 6 nitrogen and oxygen atoms in total. The molecular weight excluding hydrogens is 829 g/mol. The van der Waals surface area contributed by atoms with Gasteiger partial charge in [-0.1, -0.05) is 229 Å². The van der Waals surface area contributed by atoms with Crippen molar-refractivity contribution in [1.82, 2.24) is 0 Å². The van der Waals surface area contributed by atoms with Crippen molar-refractivity contribution in [2.24, 2.45) is 0 Å². The maximum absolute atomic E-state index is 12.8. The molecule has 0 bridgehead atoms. The molecule has 0 saturated heterocycles. The Hall–Kier alpha value is -2.89. The van der Waals surface area contributed by atoms with E-state index in [0.717, 1.165) is 96.3 Å². The predicted octanol–water partition coefficient (Wildman–Crippen LogP) is 19.2. The number of esters is 3. The Labute approximate surface area is 415 Å². The second-order valence-electron chi connectivity index (χ2n) is 19.2. The summed E-state index contributed by atoms with van der Waals surface area (Å²) in [5.74, 6) is -0.909. The molecule has 0 rings (SSSR count). The molecule has 0 aliphatic rings. The maximum atomic E-state index is 12.8. The molecule has 0 heterocycles. The fourth-order valence-corrected chi connectivity index (χ4v) is 8.07. The second kappa shape index (κ2) is 55.7. The summed E-state index contributed by atoms with van der Waals surface area (Å²) in [4.78, 5) is 38.1. The highest BCUT2D eigenvalue weighted by atomic mass is 16.6. The third-order valence-electron chi connectivity index (χ3n) is 12.5. The van der Waals surface area contributed by atoms with E-state index < -0.39 is 6.10 Å². The van der Waals surface area contributed by atoms with Gasteiger partial charge in [-0.15, -0.1) is 0 Å². The van der Waals surface area contributed by atoms with Crippen molar-refractivity contribution in [3.8, 4) is 0 Å². The van der Waals surface area contributed by atoms with Crippen molar-refractivity contribution in [1.29, 1.82) is 0 Å². The van der Waals surface area contributed by atoms with Crippen molar-refractivity contribution in [3.63, 3.8) is 0 Å². The normalized spacial score (nSPS) is 12.5. The summed E-state index contributed by atoms with van der Waals surface area (Å²) in [5, 5.41) is 0. The van der Waals surface area contributed by atoms with Gasteiger partial charge < -0.3 is 14.2 Å². The lowest BCUT2D eigenvalue weighted by Gasteiger charge is -2.18. The monoisotopic (exact) mass is 937 g/mol. The number of unbranched alkanes of at least 4 members (excludes halogenated alkanes) is 31. The summed E-state index contributed by atoms with van der Waals surface area (Å²) < 4.78 is 16.8. The third kappa shape index (κ3) is 53.9. The van der Waals surface area contributed by atoms with Crippen molar-refractivity contribution in [2.75, 3.05) is 13.2 Å². The van der Waals surface area contributed by atoms with E-state index in [-0.39, 0.29) is 31.1 Å². The summed E-state index contributed by atoms with van der Waals surface area (Å²) in [7, 11) is 0. The van der Waals surface area contributed by atoms with Gasteiger partial charge >= 0.3 is 17.9 Å². The minimum atomic E-state index is -0.787. The van der Waals surface area contributed by atoms with E-state index >= 15 is 0 Å². The Balaban J connectivity index is 4.31. The highest BCUT2D eigenvalue weighted by Gasteiger charge is 2.19. The largest absolute Gasteiger partial charge is 0.462 e. The molecule has 67 heavy (non-hydrogen) atoms. The quantitative estimate of drug-likeness (QED) is 0.0262. The molecule has 0 spiro atoms. The van der Waals surface area contributed by atoms with Crippen LogP contribution in [-0.4, -0.2) is 37.2 Å². The number of rotatable bonds is 52. The van der Waals surface area contributed by atoms with E-state index in [1.54, 1.807) is 0 Å². The summed E-state index contributed by atoms with van der Waals surface area (Å²) in [6.07, 6.45) is 69.3. The SMILES string of the molecule is CCCC/C=C\CCCCCCCC(=O)O[C@H](COC(=O)CCCCCC/C=C\C/C=C\C/C=C\CCCCC)COC(=O)CCCCCCCCCCCCC/C=C\CCCCCCCC.